The third kappa shape index (κ3) is 7.42. The molecule has 3 nitrogen and oxygen atoms in total. The second kappa shape index (κ2) is 12.9. The van der Waals surface area contributed by atoms with E-state index in [-0.39, 0.29) is 6.04 Å². The molecule has 0 aliphatic rings. The smallest absolute Gasteiger partial charge is 0.142 e. The van der Waals surface area contributed by atoms with E-state index in [0.717, 1.165) is 24.3 Å². The summed E-state index contributed by atoms with van der Waals surface area (Å²) >= 11 is 0. The largest absolute Gasteiger partial charge is 0.487 e. The summed E-state index contributed by atoms with van der Waals surface area (Å²) in [4.78, 5) is 0. The van der Waals surface area contributed by atoms with Crippen LogP contribution < -0.4 is 15.8 Å². The van der Waals surface area contributed by atoms with Gasteiger partial charge in [-0.2, -0.15) is 0 Å². The maximum absolute atomic E-state index is 6.36. The fourth-order valence-corrected chi connectivity index (χ4v) is 3.89. The van der Waals surface area contributed by atoms with Crippen LogP contribution in [0, 0.1) is 0 Å². The van der Waals surface area contributed by atoms with Gasteiger partial charge in [0, 0.05) is 12.6 Å². The minimum absolute atomic E-state index is 0.278. The van der Waals surface area contributed by atoms with Crippen LogP contribution in [0.3, 0.4) is 0 Å². The Bertz CT molecular complexity index is 922. The van der Waals surface area contributed by atoms with Gasteiger partial charge < -0.3 is 15.8 Å². The van der Waals surface area contributed by atoms with E-state index in [1.165, 1.54) is 48.8 Å². The monoisotopic (exact) mass is 430 g/mol. The number of ether oxygens (including phenoxy) is 1. The zero-order chi connectivity index (χ0) is 22.6. The highest BCUT2D eigenvalue weighted by molar-refractivity contribution is 5.55. The van der Waals surface area contributed by atoms with Gasteiger partial charge >= 0.3 is 0 Å². The van der Waals surface area contributed by atoms with Crippen molar-refractivity contribution in [3.8, 4) is 5.75 Å². The fraction of sp³-hybridized carbons (Fsp3) is 0.379. The summed E-state index contributed by atoms with van der Waals surface area (Å²) in [6.07, 6.45) is 7.11. The molecule has 0 amide bonds. The molecule has 1 unspecified atom stereocenters. The number of anilines is 1. The van der Waals surface area contributed by atoms with Crippen LogP contribution in [0.15, 0.2) is 72.8 Å². The molecule has 0 aliphatic carbocycles. The fourth-order valence-electron chi connectivity index (χ4n) is 3.89. The van der Waals surface area contributed by atoms with Gasteiger partial charge in [-0.05, 0) is 53.6 Å². The predicted octanol–water partition coefficient (Wildman–Crippen LogP) is 7.21. The number of hydrogen-bond acceptors (Lipinski definition) is 3. The molecule has 0 fully saturated rings. The van der Waals surface area contributed by atoms with Crippen LogP contribution in [0.5, 0.6) is 5.75 Å². The van der Waals surface area contributed by atoms with Gasteiger partial charge in [0.25, 0.3) is 0 Å². The van der Waals surface area contributed by atoms with E-state index in [9.17, 15) is 0 Å². The van der Waals surface area contributed by atoms with Crippen LogP contribution >= 0.6 is 0 Å². The lowest BCUT2D eigenvalue weighted by Gasteiger charge is -2.21. The van der Waals surface area contributed by atoms with Crippen molar-refractivity contribution in [3.05, 3.63) is 95.1 Å². The van der Waals surface area contributed by atoms with Crippen molar-refractivity contribution >= 4 is 5.69 Å². The number of hydrogen-bond donors (Lipinski definition) is 2. The van der Waals surface area contributed by atoms with E-state index < -0.39 is 0 Å². The second-order valence-electron chi connectivity index (χ2n) is 8.57. The number of unbranched alkanes of at least 4 members (excludes halogenated alkanes) is 2. The van der Waals surface area contributed by atoms with E-state index in [1.807, 2.05) is 24.3 Å². The van der Waals surface area contributed by atoms with Crippen LogP contribution in [0.2, 0.25) is 0 Å². The van der Waals surface area contributed by atoms with E-state index in [1.54, 1.807) is 0 Å². The van der Waals surface area contributed by atoms with Gasteiger partial charge in [-0.25, -0.2) is 0 Å². The van der Waals surface area contributed by atoms with Crippen molar-refractivity contribution in [1.82, 2.24) is 5.32 Å². The van der Waals surface area contributed by atoms with Crippen LogP contribution in [0.25, 0.3) is 0 Å². The average Bonchev–Trinajstić information content (AvgIpc) is 2.83. The molecule has 3 rings (SSSR count). The molecule has 3 aromatic carbocycles. The van der Waals surface area contributed by atoms with Crippen molar-refractivity contribution < 1.29 is 4.74 Å². The maximum atomic E-state index is 6.36. The van der Waals surface area contributed by atoms with Gasteiger partial charge in [0.05, 0.1) is 5.69 Å². The first-order valence-corrected chi connectivity index (χ1v) is 12.1. The van der Waals surface area contributed by atoms with Gasteiger partial charge in [0.1, 0.15) is 12.4 Å². The van der Waals surface area contributed by atoms with Crippen LogP contribution in [-0.2, 0) is 19.6 Å². The van der Waals surface area contributed by atoms with Gasteiger partial charge in [-0.3, -0.25) is 0 Å². The van der Waals surface area contributed by atoms with Crippen molar-refractivity contribution in [3.63, 3.8) is 0 Å². The molecule has 0 spiro atoms. The SMILES string of the molecule is CCCCc1ccc(CNC(CCCC)c2ccc(OCc3ccccc3)c(N)c2)cc1. The van der Waals surface area contributed by atoms with Gasteiger partial charge in [-0.15, -0.1) is 0 Å². The highest BCUT2D eigenvalue weighted by atomic mass is 16.5. The minimum Gasteiger partial charge on any atom is -0.487 e. The molecule has 170 valence electrons. The second-order valence-corrected chi connectivity index (χ2v) is 8.57. The molecule has 3 N–H and O–H groups in total. The Morgan fingerprint density at radius 3 is 2.22 bits per heavy atom. The lowest BCUT2D eigenvalue weighted by atomic mass is 9.99. The first-order chi connectivity index (χ1) is 15.7. The normalized spacial score (nSPS) is 11.9. The lowest BCUT2D eigenvalue weighted by Crippen LogP contribution is -2.21. The summed E-state index contributed by atoms with van der Waals surface area (Å²) in [6.45, 7) is 5.86. The number of rotatable bonds is 13. The van der Waals surface area contributed by atoms with Gasteiger partial charge in [0.2, 0.25) is 0 Å². The zero-order valence-corrected chi connectivity index (χ0v) is 19.6. The molecule has 0 heterocycles. The molecule has 0 saturated heterocycles. The highest BCUT2D eigenvalue weighted by Crippen LogP contribution is 2.29. The molecule has 1 atom stereocenters. The average molecular weight is 431 g/mol. The molecule has 3 aromatic rings. The molecule has 0 aromatic heterocycles. The van der Waals surface area contributed by atoms with Crippen LogP contribution in [-0.4, -0.2) is 0 Å². The Balaban J connectivity index is 1.62. The molecule has 0 saturated carbocycles. The summed E-state index contributed by atoms with van der Waals surface area (Å²) < 4.78 is 5.96. The van der Waals surface area contributed by atoms with E-state index >= 15 is 0 Å². The van der Waals surface area contributed by atoms with Gasteiger partial charge in [0.15, 0.2) is 0 Å². The van der Waals surface area contributed by atoms with Crippen molar-refractivity contribution in [1.29, 1.82) is 0 Å². The number of nitrogen functional groups attached to an aromatic ring is 1. The first-order valence-electron chi connectivity index (χ1n) is 12.1. The maximum Gasteiger partial charge on any atom is 0.142 e. The molecule has 0 bridgehead atoms. The standard InChI is InChI=1S/C29H38N2O/c1-3-5-10-23-14-16-24(17-15-23)21-31-28(13-6-4-2)26-18-19-29(27(30)20-26)32-22-25-11-8-7-9-12-25/h7-9,11-12,14-20,28,31H,3-6,10,13,21-22,30H2,1-2H3. The predicted molar refractivity (Wildman–Crippen MR) is 136 cm³/mol. The summed E-state index contributed by atoms with van der Waals surface area (Å²) in [5.41, 5.74) is 12.2. The molecule has 0 aliphatic heterocycles. The van der Waals surface area contributed by atoms with E-state index in [4.69, 9.17) is 10.5 Å². The Hall–Kier alpha value is -2.78. The number of nitrogens with two attached hydrogens (primary N) is 1. The molecule has 3 heteroatoms. The molecular weight excluding hydrogens is 392 g/mol. The highest BCUT2D eigenvalue weighted by Gasteiger charge is 2.13. The Kier molecular flexibility index (Phi) is 9.64. The third-order valence-electron chi connectivity index (χ3n) is 5.91. The molecule has 32 heavy (non-hydrogen) atoms. The van der Waals surface area contributed by atoms with Crippen LogP contribution in [0.1, 0.15) is 74.2 Å². The Morgan fingerprint density at radius 1 is 0.812 bits per heavy atom. The molecular formula is C29H38N2O. The van der Waals surface area contributed by atoms with Gasteiger partial charge in [-0.1, -0.05) is 93.8 Å². The summed E-state index contributed by atoms with van der Waals surface area (Å²) in [5.74, 6) is 0.745. The Labute approximate surface area is 194 Å². The summed E-state index contributed by atoms with van der Waals surface area (Å²) in [5, 5.41) is 3.76. The summed E-state index contributed by atoms with van der Waals surface area (Å²) in [6, 6.07) is 25.7. The minimum atomic E-state index is 0.278. The van der Waals surface area contributed by atoms with Crippen LogP contribution in [0.4, 0.5) is 5.69 Å². The van der Waals surface area contributed by atoms with Crippen molar-refractivity contribution in [2.45, 2.75) is 71.6 Å². The number of nitrogens with one attached hydrogen (secondary N) is 1. The Morgan fingerprint density at radius 2 is 1.53 bits per heavy atom. The van der Waals surface area contributed by atoms with Crippen molar-refractivity contribution in [2.24, 2.45) is 0 Å². The lowest BCUT2D eigenvalue weighted by molar-refractivity contribution is 0.307. The zero-order valence-electron chi connectivity index (χ0n) is 19.6. The topological polar surface area (TPSA) is 47.3 Å². The quantitative estimate of drug-likeness (QED) is 0.282. The van der Waals surface area contributed by atoms with E-state index in [2.05, 4.69) is 67.7 Å². The van der Waals surface area contributed by atoms with Crippen molar-refractivity contribution in [2.75, 3.05) is 5.73 Å². The molecule has 0 radical (unpaired) electrons. The summed E-state index contributed by atoms with van der Waals surface area (Å²) in [7, 11) is 0. The van der Waals surface area contributed by atoms with E-state index in [0.29, 0.717) is 12.3 Å². The number of aryl methyl sites for hydroxylation is 1. The number of benzene rings is 3. The first kappa shape index (κ1) is 23.9. The third-order valence-corrected chi connectivity index (χ3v) is 5.91.